The number of carbonyl (C=O) groups excluding carboxylic acids is 2. The van der Waals surface area contributed by atoms with Gasteiger partial charge in [0.15, 0.2) is 0 Å². The van der Waals surface area contributed by atoms with Crippen molar-refractivity contribution in [1.82, 2.24) is 9.88 Å². The minimum absolute atomic E-state index is 0.143. The van der Waals surface area contributed by atoms with Gasteiger partial charge in [-0.05, 0) is 18.9 Å². The van der Waals surface area contributed by atoms with Gasteiger partial charge >= 0.3 is 0 Å². The fourth-order valence-corrected chi connectivity index (χ4v) is 2.45. The van der Waals surface area contributed by atoms with Crippen LogP contribution in [0, 0.1) is 5.92 Å². The quantitative estimate of drug-likeness (QED) is 0.846. The molecule has 1 aromatic heterocycles. The SMILES string of the molecule is COc1cc(C(=O)N2CCC(C(N)=O)CC2)cc(Cl)n1. The Morgan fingerprint density at radius 2 is 2.05 bits per heavy atom. The Balaban J connectivity index is 2.09. The molecule has 0 radical (unpaired) electrons. The first-order valence-electron chi connectivity index (χ1n) is 6.31. The highest BCUT2D eigenvalue weighted by Crippen LogP contribution is 2.21. The van der Waals surface area contributed by atoms with Crippen molar-refractivity contribution in [1.29, 1.82) is 0 Å². The van der Waals surface area contributed by atoms with E-state index in [1.165, 1.54) is 13.2 Å². The zero-order valence-corrected chi connectivity index (χ0v) is 11.9. The number of ether oxygens (including phenoxy) is 1. The molecule has 0 bridgehead atoms. The van der Waals surface area contributed by atoms with E-state index in [-0.39, 0.29) is 22.9 Å². The average molecular weight is 298 g/mol. The Labute approximate surface area is 121 Å². The molecule has 2 amide bonds. The van der Waals surface area contributed by atoms with E-state index in [1.54, 1.807) is 11.0 Å². The summed E-state index contributed by atoms with van der Waals surface area (Å²) >= 11 is 5.85. The van der Waals surface area contributed by atoms with E-state index in [9.17, 15) is 9.59 Å². The van der Waals surface area contributed by atoms with Crippen LogP contribution in [0.3, 0.4) is 0 Å². The molecule has 1 saturated heterocycles. The molecule has 0 aliphatic carbocycles. The summed E-state index contributed by atoms with van der Waals surface area (Å²) < 4.78 is 4.99. The molecule has 0 atom stereocenters. The van der Waals surface area contributed by atoms with Crippen molar-refractivity contribution < 1.29 is 14.3 Å². The van der Waals surface area contributed by atoms with Crippen molar-refractivity contribution in [2.45, 2.75) is 12.8 Å². The number of likely N-dealkylation sites (tertiary alicyclic amines) is 1. The maximum absolute atomic E-state index is 12.4. The van der Waals surface area contributed by atoms with Crippen LogP contribution in [-0.4, -0.2) is 41.9 Å². The highest BCUT2D eigenvalue weighted by molar-refractivity contribution is 6.29. The zero-order chi connectivity index (χ0) is 14.7. The van der Waals surface area contributed by atoms with Gasteiger partial charge in [0.05, 0.1) is 7.11 Å². The minimum Gasteiger partial charge on any atom is -0.481 e. The van der Waals surface area contributed by atoms with Crippen LogP contribution in [0.1, 0.15) is 23.2 Å². The Hall–Kier alpha value is -1.82. The molecule has 6 nitrogen and oxygen atoms in total. The van der Waals surface area contributed by atoms with Gasteiger partial charge in [0.2, 0.25) is 11.8 Å². The van der Waals surface area contributed by atoms with Crippen molar-refractivity contribution in [3.8, 4) is 5.88 Å². The van der Waals surface area contributed by atoms with Gasteiger partial charge in [-0.1, -0.05) is 11.6 Å². The fraction of sp³-hybridized carbons (Fsp3) is 0.462. The smallest absolute Gasteiger partial charge is 0.254 e. The van der Waals surface area contributed by atoms with Crippen LogP contribution >= 0.6 is 11.6 Å². The van der Waals surface area contributed by atoms with E-state index < -0.39 is 0 Å². The second kappa shape index (κ2) is 6.09. The molecule has 1 fully saturated rings. The van der Waals surface area contributed by atoms with Crippen molar-refractivity contribution in [2.24, 2.45) is 11.7 Å². The number of hydrogen-bond acceptors (Lipinski definition) is 4. The molecule has 2 heterocycles. The number of pyridine rings is 1. The molecule has 108 valence electrons. The van der Waals surface area contributed by atoms with Gasteiger partial charge in [-0.2, -0.15) is 0 Å². The Bertz CT molecular complexity index is 528. The number of primary amides is 1. The topological polar surface area (TPSA) is 85.5 Å². The largest absolute Gasteiger partial charge is 0.481 e. The molecule has 2 rings (SSSR count). The van der Waals surface area contributed by atoms with E-state index >= 15 is 0 Å². The number of nitrogens with two attached hydrogens (primary N) is 1. The number of aromatic nitrogens is 1. The van der Waals surface area contributed by atoms with Gasteiger partial charge in [0, 0.05) is 30.6 Å². The zero-order valence-electron chi connectivity index (χ0n) is 11.1. The van der Waals surface area contributed by atoms with Crippen LogP contribution in [0.25, 0.3) is 0 Å². The van der Waals surface area contributed by atoms with Gasteiger partial charge in [0.1, 0.15) is 5.15 Å². The van der Waals surface area contributed by atoms with Gasteiger partial charge in [-0.3, -0.25) is 9.59 Å². The monoisotopic (exact) mass is 297 g/mol. The first-order chi connectivity index (χ1) is 9.51. The molecule has 20 heavy (non-hydrogen) atoms. The summed E-state index contributed by atoms with van der Waals surface area (Å²) in [5.74, 6) is -0.288. The standard InChI is InChI=1S/C13H16ClN3O3/c1-20-11-7-9(6-10(14)16-11)13(19)17-4-2-8(3-5-17)12(15)18/h6-8H,2-5H2,1H3,(H2,15,18). The number of halogens is 1. The molecular weight excluding hydrogens is 282 g/mol. The van der Waals surface area contributed by atoms with Gasteiger partial charge in [-0.25, -0.2) is 4.98 Å². The van der Waals surface area contributed by atoms with Crippen LogP contribution in [0.15, 0.2) is 12.1 Å². The predicted octanol–water partition coefficient (Wildman–Crippen LogP) is 1.08. The van der Waals surface area contributed by atoms with E-state index in [1.807, 2.05) is 0 Å². The van der Waals surface area contributed by atoms with E-state index in [0.717, 1.165) is 0 Å². The second-order valence-corrected chi connectivity index (χ2v) is 5.08. The number of rotatable bonds is 3. The summed E-state index contributed by atoms with van der Waals surface area (Å²) in [5, 5.41) is 0.208. The third-order valence-corrected chi connectivity index (χ3v) is 3.60. The van der Waals surface area contributed by atoms with Crippen LogP contribution in [0.5, 0.6) is 5.88 Å². The van der Waals surface area contributed by atoms with Crippen LogP contribution in [0.4, 0.5) is 0 Å². The molecule has 1 aliphatic rings. The predicted molar refractivity (Wildman–Crippen MR) is 73.6 cm³/mol. The van der Waals surface area contributed by atoms with Crippen LogP contribution < -0.4 is 10.5 Å². The average Bonchev–Trinajstić information content (AvgIpc) is 2.45. The van der Waals surface area contributed by atoms with Crippen molar-refractivity contribution in [2.75, 3.05) is 20.2 Å². The van der Waals surface area contributed by atoms with Gasteiger partial charge in [-0.15, -0.1) is 0 Å². The van der Waals surface area contributed by atoms with E-state index in [2.05, 4.69) is 4.98 Å². The molecule has 2 N–H and O–H groups in total. The number of nitrogens with zero attached hydrogens (tertiary/aromatic N) is 2. The summed E-state index contributed by atoms with van der Waals surface area (Å²) in [7, 11) is 1.46. The van der Waals surface area contributed by atoms with Crippen molar-refractivity contribution >= 4 is 23.4 Å². The molecular formula is C13H16ClN3O3. The second-order valence-electron chi connectivity index (χ2n) is 4.69. The Morgan fingerprint density at radius 1 is 1.40 bits per heavy atom. The van der Waals surface area contributed by atoms with Crippen molar-refractivity contribution in [3.63, 3.8) is 0 Å². The molecule has 1 aliphatic heterocycles. The fourth-order valence-electron chi connectivity index (χ4n) is 2.25. The lowest BCUT2D eigenvalue weighted by Gasteiger charge is -2.30. The minimum atomic E-state index is -0.300. The van der Waals surface area contributed by atoms with Crippen molar-refractivity contribution in [3.05, 3.63) is 22.8 Å². The number of methoxy groups -OCH3 is 1. The lowest BCUT2D eigenvalue weighted by molar-refractivity contribution is -0.123. The first kappa shape index (κ1) is 14.6. The summed E-state index contributed by atoms with van der Waals surface area (Å²) in [5.41, 5.74) is 5.70. The van der Waals surface area contributed by atoms with E-state index in [0.29, 0.717) is 37.4 Å². The summed E-state index contributed by atoms with van der Waals surface area (Å²) in [4.78, 5) is 29.1. The van der Waals surface area contributed by atoms with E-state index in [4.69, 9.17) is 22.1 Å². The molecule has 0 aromatic carbocycles. The third-order valence-electron chi connectivity index (χ3n) is 3.41. The number of hydrogen-bond donors (Lipinski definition) is 1. The lowest BCUT2D eigenvalue weighted by atomic mass is 9.96. The maximum Gasteiger partial charge on any atom is 0.254 e. The molecule has 0 saturated carbocycles. The van der Waals surface area contributed by atoms with Gasteiger partial charge < -0.3 is 15.4 Å². The Morgan fingerprint density at radius 3 is 2.60 bits per heavy atom. The summed E-state index contributed by atoms with van der Waals surface area (Å²) in [6.45, 7) is 1.02. The molecule has 0 unspecified atom stereocenters. The maximum atomic E-state index is 12.4. The summed E-state index contributed by atoms with van der Waals surface area (Å²) in [6.07, 6.45) is 1.19. The first-order valence-corrected chi connectivity index (χ1v) is 6.69. The molecule has 1 aromatic rings. The normalized spacial score (nSPS) is 16.0. The summed E-state index contributed by atoms with van der Waals surface area (Å²) in [6, 6.07) is 3.06. The Kier molecular flexibility index (Phi) is 4.44. The highest BCUT2D eigenvalue weighted by Gasteiger charge is 2.26. The van der Waals surface area contributed by atoms with Crippen LogP contribution in [0.2, 0.25) is 5.15 Å². The van der Waals surface area contributed by atoms with Crippen LogP contribution in [-0.2, 0) is 4.79 Å². The third kappa shape index (κ3) is 3.19. The number of amides is 2. The number of carbonyl (C=O) groups is 2. The lowest BCUT2D eigenvalue weighted by Crippen LogP contribution is -2.41. The number of piperidine rings is 1. The highest BCUT2D eigenvalue weighted by atomic mass is 35.5. The molecule has 0 spiro atoms. The van der Waals surface area contributed by atoms with Gasteiger partial charge in [0.25, 0.3) is 5.91 Å². The molecule has 7 heteroatoms.